The largest absolute Gasteiger partial charge is 0.493 e. The van der Waals surface area contributed by atoms with Crippen LogP contribution >= 0.6 is 0 Å². The second-order valence-corrected chi connectivity index (χ2v) is 5.92. The summed E-state index contributed by atoms with van der Waals surface area (Å²) < 4.78 is 5.67. The van der Waals surface area contributed by atoms with Gasteiger partial charge in [-0.25, -0.2) is 0 Å². The van der Waals surface area contributed by atoms with E-state index in [2.05, 4.69) is 15.6 Å². The number of hydrogen-bond donors (Lipinski definition) is 2. The van der Waals surface area contributed by atoms with Crippen LogP contribution in [0.5, 0.6) is 5.75 Å². The maximum absolute atomic E-state index is 11.8. The second kappa shape index (κ2) is 10.9. The third kappa shape index (κ3) is 6.93. The third-order valence-corrected chi connectivity index (χ3v) is 3.78. The summed E-state index contributed by atoms with van der Waals surface area (Å²) >= 11 is 0. The predicted molar refractivity (Wildman–Crippen MR) is 100 cm³/mol. The van der Waals surface area contributed by atoms with Gasteiger partial charge in [0.15, 0.2) is 0 Å². The number of rotatable bonds is 10. The molecule has 0 spiro atoms. The molecule has 0 bridgehead atoms. The zero-order chi connectivity index (χ0) is 18.6. The van der Waals surface area contributed by atoms with Gasteiger partial charge in [-0.15, -0.1) is 0 Å². The average molecular weight is 355 g/mol. The lowest BCUT2D eigenvalue weighted by Crippen LogP contribution is -2.30. The maximum Gasteiger partial charge on any atom is 0.252 e. The standard InChI is InChI=1S/C20H25N3O3/c1-16-7-2-3-9-18(16)26-14-5-10-19(24)22-12-6-13-23-20(25)17-8-4-11-21-15-17/h2-4,7-9,11,15H,5-6,10,12-14H2,1H3,(H,22,24)(H,23,25). The van der Waals surface area contributed by atoms with Crippen LogP contribution in [-0.2, 0) is 4.79 Å². The number of carbonyl (C=O) groups is 2. The summed E-state index contributed by atoms with van der Waals surface area (Å²) in [4.78, 5) is 27.5. The van der Waals surface area contributed by atoms with Crippen LogP contribution in [0, 0.1) is 6.92 Å². The van der Waals surface area contributed by atoms with E-state index in [4.69, 9.17) is 4.74 Å². The minimum absolute atomic E-state index is 0.00281. The summed E-state index contributed by atoms with van der Waals surface area (Å²) in [5.41, 5.74) is 1.62. The first-order chi connectivity index (χ1) is 12.7. The van der Waals surface area contributed by atoms with E-state index < -0.39 is 0 Å². The molecule has 1 aromatic heterocycles. The first kappa shape index (κ1) is 19.4. The molecule has 0 aliphatic carbocycles. The predicted octanol–water partition coefficient (Wildman–Crippen LogP) is 2.49. The fraction of sp³-hybridized carbons (Fsp3) is 0.350. The molecule has 1 aromatic carbocycles. The lowest BCUT2D eigenvalue weighted by atomic mass is 10.2. The number of aromatic nitrogens is 1. The summed E-state index contributed by atoms with van der Waals surface area (Å²) in [5, 5.41) is 5.65. The molecule has 6 heteroatoms. The van der Waals surface area contributed by atoms with Gasteiger partial charge in [-0.3, -0.25) is 14.6 Å². The Morgan fingerprint density at radius 3 is 2.62 bits per heavy atom. The highest BCUT2D eigenvalue weighted by molar-refractivity contribution is 5.93. The smallest absolute Gasteiger partial charge is 0.252 e. The number of nitrogens with zero attached hydrogens (tertiary/aromatic N) is 1. The molecule has 0 atom stereocenters. The summed E-state index contributed by atoms with van der Waals surface area (Å²) in [5.74, 6) is 0.701. The van der Waals surface area contributed by atoms with Gasteiger partial charge in [-0.05, 0) is 43.5 Å². The minimum Gasteiger partial charge on any atom is -0.493 e. The summed E-state index contributed by atoms with van der Waals surface area (Å²) in [6, 6.07) is 11.3. The molecular weight excluding hydrogens is 330 g/mol. The Bertz CT molecular complexity index is 704. The Labute approximate surface area is 154 Å². The molecule has 1 heterocycles. The molecule has 2 amide bonds. The second-order valence-electron chi connectivity index (χ2n) is 5.92. The normalized spacial score (nSPS) is 10.2. The number of benzene rings is 1. The number of para-hydroxylation sites is 1. The maximum atomic E-state index is 11.8. The number of hydrogen-bond acceptors (Lipinski definition) is 4. The van der Waals surface area contributed by atoms with Crippen molar-refractivity contribution >= 4 is 11.8 Å². The lowest BCUT2D eigenvalue weighted by Gasteiger charge is -2.09. The molecule has 0 aliphatic rings. The Hall–Kier alpha value is -2.89. The molecule has 2 rings (SSSR count). The van der Waals surface area contributed by atoms with Gasteiger partial charge in [-0.1, -0.05) is 18.2 Å². The Morgan fingerprint density at radius 2 is 1.85 bits per heavy atom. The van der Waals surface area contributed by atoms with E-state index in [1.807, 2.05) is 31.2 Å². The molecule has 0 radical (unpaired) electrons. The summed E-state index contributed by atoms with van der Waals surface area (Å²) in [6.45, 7) is 3.55. The van der Waals surface area contributed by atoms with Crippen LogP contribution in [-0.4, -0.2) is 36.5 Å². The Kier molecular flexibility index (Phi) is 8.12. The third-order valence-electron chi connectivity index (χ3n) is 3.78. The molecule has 2 N–H and O–H groups in total. The van der Waals surface area contributed by atoms with Gasteiger partial charge in [0.1, 0.15) is 5.75 Å². The molecule has 26 heavy (non-hydrogen) atoms. The highest BCUT2D eigenvalue weighted by atomic mass is 16.5. The van der Waals surface area contributed by atoms with Gasteiger partial charge in [0, 0.05) is 31.9 Å². The molecule has 6 nitrogen and oxygen atoms in total. The van der Waals surface area contributed by atoms with Crippen LogP contribution in [0.2, 0.25) is 0 Å². The van der Waals surface area contributed by atoms with Crippen LogP contribution in [0.3, 0.4) is 0 Å². The Balaban J connectivity index is 1.50. The molecule has 0 aliphatic heterocycles. The van der Waals surface area contributed by atoms with Gasteiger partial charge in [0.05, 0.1) is 12.2 Å². The van der Waals surface area contributed by atoms with Gasteiger partial charge >= 0.3 is 0 Å². The minimum atomic E-state index is -0.155. The SMILES string of the molecule is Cc1ccccc1OCCCC(=O)NCCCNC(=O)c1cccnc1. The van der Waals surface area contributed by atoms with Crippen LogP contribution in [0.1, 0.15) is 35.2 Å². The molecule has 138 valence electrons. The van der Waals surface area contributed by atoms with E-state index in [9.17, 15) is 9.59 Å². The number of nitrogens with one attached hydrogen (secondary N) is 2. The molecule has 0 saturated carbocycles. The van der Waals surface area contributed by atoms with Gasteiger partial charge in [-0.2, -0.15) is 0 Å². The number of pyridine rings is 1. The zero-order valence-corrected chi connectivity index (χ0v) is 15.0. The lowest BCUT2D eigenvalue weighted by molar-refractivity contribution is -0.121. The molecule has 0 fully saturated rings. The number of aryl methyl sites for hydroxylation is 1. The van der Waals surface area contributed by atoms with Crippen LogP contribution in [0.4, 0.5) is 0 Å². The van der Waals surface area contributed by atoms with E-state index in [0.717, 1.165) is 11.3 Å². The first-order valence-corrected chi connectivity index (χ1v) is 8.80. The van der Waals surface area contributed by atoms with Gasteiger partial charge in [0.25, 0.3) is 5.91 Å². The summed E-state index contributed by atoms with van der Waals surface area (Å²) in [7, 11) is 0. The van der Waals surface area contributed by atoms with Crippen molar-refractivity contribution in [1.29, 1.82) is 0 Å². The summed E-state index contributed by atoms with van der Waals surface area (Å²) in [6.07, 6.45) is 4.91. The van der Waals surface area contributed by atoms with Gasteiger partial charge in [0.2, 0.25) is 5.91 Å². The average Bonchev–Trinajstić information content (AvgIpc) is 2.67. The van der Waals surface area contributed by atoms with Crippen molar-refractivity contribution < 1.29 is 14.3 Å². The topological polar surface area (TPSA) is 80.3 Å². The van der Waals surface area contributed by atoms with Crippen molar-refractivity contribution in [2.75, 3.05) is 19.7 Å². The highest BCUT2D eigenvalue weighted by Crippen LogP contribution is 2.16. The fourth-order valence-electron chi connectivity index (χ4n) is 2.34. The van der Waals surface area contributed by atoms with Gasteiger partial charge < -0.3 is 15.4 Å². The number of carbonyl (C=O) groups excluding carboxylic acids is 2. The monoisotopic (exact) mass is 355 g/mol. The first-order valence-electron chi connectivity index (χ1n) is 8.80. The van der Waals surface area contributed by atoms with Crippen molar-refractivity contribution in [2.45, 2.75) is 26.2 Å². The van der Waals surface area contributed by atoms with E-state index in [-0.39, 0.29) is 11.8 Å². The van der Waals surface area contributed by atoms with Crippen LogP contribution < -0.4 is 15.4 Å². The van der Waals surface area contributed by atoms with Crippen LogP contribution in [0.15, 0.2) is 48.8 Å². The molecule has 2 aromatic rings. The van der Waals surface area contributed by atoms with Crippen molar-refractivity contribution in [3.05, 3.63) is 59.9 Å². The van der Waals surface area contributed by atoms with Crippen molar-refractivity contribution in [3.8, 4) is 5.75 Å². The Morgan fingerprint density at radius 1 is 1.04 bits per heavy atom. The molecular formula is C20H25N3O3. The van der Waals surface area contributed by atoms with E-state index >= 15 is 0 Å². The van der Waals surface area contributed by atoms with E-state index in [1.54, 1.807) is 18.3 Å². The van der Waals surface area contributed by atoms with Crippen molar-refractivity contribution in [2.24, 2.45) is 0 Å². The number of ether oxygens (including phenoxy) is 1. The van der Waals surface area contributed by atoms with E-state index in [0.29, 0.717) is 44.5 Å². The van der Waals surface area contributed by atoms with Crippen molar-refractivity contribution in [1.82, 2.24) is 15.6 Å². The zero-order valence-electron chi connectivity index (χ0n) is 15.0. The molecule has 0 saturated heterocycles. The quantitative estimate of drug-likeness (QED) is 0.642. The van der Waals surface area contributed by atoms with Crippen molar-refractivity contribution in [3.63, 3.8) is 0 Å². The van der Waals surface area contributed by atoms with Crippen LogP contribution in [0.25, 0.3) is 0 Å². The fourth-order valence-corrected chi connectivity index (χ4v) is 2.34. The molecule has 0 unspecified atom stereocenters. The highest BCUT2D eigenvalue weighted by Gasteiger charge is 2.05. The number of amides is 2. The van der Waals surface area contributed by atoms with E-state index in [1.165, 1.54) is 6.20 Å².